The molecule has 0 saturated heterocycles. The number of nitrogens with two attached hydrogens (primary N) is 1. The molecule has 0 bridgehead atoms. The molecule has 118 valence electrons. The third-order valence-electron chi connectivity index (χ3n) is 2.87. The van der Waals surface area contributed by atoms with E-state index in [0.29, 0.717) is 0 Å². The van der Waals surface area contributed by atoms with Gasteiger partial charge in [-0.25, -0.2) is 8.42 Å². The number of hydrogen-bond donors (Lipinski definition) is 2. The second-order valence-corrected chi connectivity index (χ2v) is 6.81. The molecule has 4 nitrogen and oxygen atoms in total. The number of sulfonamides is 1. The largest absolute Gasteiger partial charge is 0.416 e. The average Bonchev–Trinajstić information content (AvgIpc) is 2.29. The minimum Gasteiger partial charge on any atom is -0.392 e. The first kappa shape index (κ1) is 17.7. The summed E-state index contributed by atoms with van der Waals surface area (Å²) in [6, 6.07) is 3.20. The van der Waals surface area contributed by atoms with Gasteiger partial charge in [0, 0.05) is 5.69 Å². The lowest BCUT2D eigenvalue weighted by Gasteiger charge is -2.17. The van der Waals surface area contributed by atoms with Gasteiger partial charge in [0.05, 0.1) is 10.6 Å². The van der Waals surface area contributed by atoms with Crippen molar-refractivity contribution in [3.05, 3.63) is 29.3 Å². The van der Waals surface area contributed by atoms with Crippen molar-refractivity contribution in [1.82, 2.24) is 0 Å². The number of alkyl halides is 3. The Kier molecular flexibility index (Phi) is 5.21. The number of thiocarbonyl (C=S) groups is 1. The van der Waals surface area contributed by atoms with E-state index in [2.05, 4.69) is 16.9 Å². The molecule has 0 spiro atoms. The van der Waals surface area contributed by atoms with E-state index >= 15 is 0 Å². The molecule has 9 heteroatoms. The summed E-state index contributed by atoms with van der Waals surface area (Å²) < 4.78 is 64.6. The molecule has 0 radical (unpaired) electrons. The Morgan fingerprint density at radius 3 is 2.43 bits per heavy atom. The Labute approximate surface area is 126 Å². The molecule has 0 saturated carbocycles. The van der Waals surface area contributed by atoms with Crippen LogP contribution >= 0.6 is 12.2 Å². The molecule has 0 aliphatic heterocycles. The number of hydrogen-bond acceptors (Lipinski definition) is 3. The SMILES string of the molecule is CCC(C(N)=S)S(=O)(=O)Nc1ccc(C)c(C(F)(F)F)c1. The quantitative estimate of drug-likeness (QED) is 0.809. The van der Waals surface area contributed by atoms with E-state index in [1.165, 1.54) is 19.1 Å². The summed E-state index contributed by atoms with van der Waals surface area (Å²) >= 11 is 4.66. The van der Waals surface area contributed by atoms with Crippen LogP contribution in [0.1, 0.15) is 24.5 Å². The van der Waals surface area contributed by atoms with Crippen LogP contribution in [0.15, 0.2) is 18.2 Å². The molecule has 0 heterocycles. The molecule has 1 rings (SSSR count). The van der Waals surface area contributed by atoms with Crippen molar-refractivity contribution in [2.45, 2.75) is 31.7 Å². The molecule has 0 aliphatic carbocycles. The smallest absolute Gasteiger partial charge is 0.392 e. The van der Waals surface area contributed by atoms with Crippen LogP contribution < -0.4 is 10.5 Å². The molecule has 0 aromatic heterocycles. The van der Waals surface area contributed by atoms with Crippen LogP contribution in [0.5, 0.6) is 0 Å². The first-order chi connectivity index (χ1) is 9.49. The van der Waals surface area contributed by atoms with Gasteiger partial charge in [-0.1, -0.05) is 25.2 Å². The van der Waals surface area contributed by atoms with Crippen LogP contribution in [0.2, 0.25) is 0 Å². The van der Waals surface area contributed by atoms with Crippen molar-refractivity contribution in [2.75, 3.05) is 4.72 Å². The fourth-order valence-corrected chi connectivity index (χ4v) is 3.69. The Bertz CT molecular complexity index is 642. The van der Waals surface area contributed by atoms with Gasteiger partial charge in [-0.05, 0) is 31.0 Å². The zero-order chi connectivity index (χ0) is 16.4. The lowest BCUT2D eigenvalue weighted by atomic mass is 10.1. The fraction of sp³-hybridized carbons (Fsp3) is 0.417. The van der Waals surface area contributed by atoms with E-state index in [4.69, 9.17) is 5.73 Å². The highest BCUT2D eigenvalue weighted by Crippen LogP contribution is 2.33. The molecule has 1 aromatic rings. The summed E-state index contributed by atoms with van der Waals surface area (Å²) in [5.74, 6) is 0. The zero-order valence-electron chi connectivity index (χ0n) is 11.4. The average molecular weight is 340 g/mol. The number of nitrogens with one attached hydrogen (secondary N) is 1. The van der Waals surface area contributed by atoms with Gasteiger partial charge in [0.2, 0.25) is 10.0 Å². The maximum Gasteiger partial charge on any atom is 0.416 e. The maximum atomic E-state index is 12.8. The molecule has 21 heavy (non-hydrogen) atoms. The Hall–Kier alpha value is -1.35. The van der Waals surface area contributed by atoms with E-state index in [-0.39, 0.29) is 22.7 Å². The first-order valence-corrected chi connectivity index (χ1v) is 7.93. The second kappa shape index (κ2) is 6.18. The Morgan fingerprint density at radius 2 is 2.00 bits per heavy atom. The van der Waals surface area contributed by atoms with Gasteiger partial charge in [-0.3, -0.25) is 4.72 Å². The summed E-state index contributed by atoms with van der Waals surface area (Å²) in [6.07, 6.45) is -4.43. The standard InChI is InChI=1S/C12H15F3N2O2S2/c1-3-10(11(16)20)21(18,19)17-8-5-4-7(2)9(6-8)12(13,14)15/h4-6,10,17H,3H2,1-2H3,(H2,16,20). The van der Waals surface area contributed by atoms with Gasteiger partial charge in [0.15, 0.2) is 0 Å². The molecule has 1 aromatic carbocycles. The van der Waals surface area contributed by atoms with Crippen molar-refractivity contribution >= 4 is 32.9 Å². The maximum absolute atomic E-state index is 12.8. The Balaban J connectivity index is 3.17. The van der Waals surface area contributed by atoms with Crippen LogP contribution in [0.3, 0.4) is 0 Å². The van der Waals surface area contributed by atoms with Gasteiger partial charge in [-0.2, -0.15) is 13.2 Å². The van der Waals surface area contributed by atoms with Crippen molar-refractivity contribution < 1.29 is 21.6 Å². The van der Waals surface area contributed by atoms with E-state index in [1.807, 2.05) is 0 Å². The van der Waals surface area contributed by atoms with E-state index in [1.54, 1.807) is 6.92 Å². The highest BCUT2D eigenvalue weighted by molar-refractivity contribution is 7.95. The Morgan fingerprint density at radius 1 is 1.43 bits per heavy atom. The molecule has 3 N–H and O–H groups in total. The van der Waals surface area contributed by atoms with Crippen molar-refractivity contribution in [2.24, 2.45) is 5.73 Å². The molecule has 0 aliphatic rings. The topological polar surface area (TPSA) is 72.2 Å². The summed E-state index contributed by atoms with van der Waals surface area (Å²) in [7, 11) is -3.98. The van der Waals surface area contributed by atoms with Crippen molar-refractivity contribution in [3.63, 3.8) is 0 Å². The number of anilines is 1. The van der Waals surface area contributed by atoms with Crippen molar-refractivity contribution in [1.29, 1.82) is 0 Å². The second-order valence-electron chi connectivity index (χ2n) is 4.47. The summed E-state index contributed by atoms with van der Waals surface area (Å²) in [4.78, 5) is -0.229. The lowest BCUT2D eigenvalue weighted by molar-refractivity contribution is -0.138. The zero-order valence-corrected chi connectivity index (χ0v) is 13.0. The number of rotatable bonds is 5. The van der Waals surface area contributed by atoms with Crippen LogP contribution in [-0.4, -0.2) is 18.7 Å². The number of benzene rings is 1. The summed E-state index contributed by atoms with van der Waals surface area (Å²) in [6.45, 7) is 2.87. The fourth-order valence-electron chi connectivity index (χ4n) is 1.80. The first-order valence-electron chi connectivity index (χ1n) is 5.97. The van der Waals surface area contributed by atoms with E-state index in [9.17, 15) is 21.6 Å². The van der Waals surface area contributed by atoms with E-state index in [0.717, 1.165) is 6.07 Å². The minimum atomic E-state index is -4.56. The van der Waals surface area contributed by atoms with Gasteiger partial charge in [0.1, 0.15) is 5.25 Å². The van der Waals surface area contributed by atoms with Gasteiger partial charge >= 0.3 is 6.18 Å². The molecule has 1 unspecified atom stereocenters. The van der Waals surface area contributed by atoms with Crippen LogP contribution in [0.4, 0.5) is 18.9 Å². The number of halogens is 3. The highest BCUT2D eigenvalue weighted by atomic mass is 32.2. The van der Waals surface area contributed by atoms with E-state index < -0.39 is 27.0 Å². The van der Waals surface area contributed by atoms with Gasteiger partial charge in [-0.15, -0.1) is 0 Å². The highest BCUT2D eigenvalue weighted by Gasteiger charge is 2.33. The molecular weight excluding hydrogens is 325 g/mol. The molecular formula is C12H15F3N2O2S2. The number of aryl methyl sites for hydroxylation is 1. The molecule has 1 atom stereocenters. The normalized spacial score (nSPS) is 13.8. The lowest BCUT2D eigenvalue weighted by Crippen LogP contribution is -2.37. The summed E-state index contributed by atoms with van der Waals surface area (Å²) in [5, 5.41) is -1.14. The minimum absolute atomic E-state index is 0.00633. The monoisotopic (exact) mass is 340 g/mol. The predicted molar refractivity (Wildman–Crippen MR) is 79.6 cm³/mol. The van der Waals surface area contributed by atoms with Crippen LogP contribution in [0.25, 0.3) is 0 Å². The predicted octanol–water partition coefficient (Wildman–Crippen LogP) is 2.82. The van der Waals surface area contributed by atoms with Crippen LogP contribution in [-0.2, 0) is 16.2 Å². The molecule has 0 fully saturated rings. The van der Waals surface area contributed by atoms with Gasteiger partial charge in [0.25, 0.3) is 0 Å². The third kappa shape index (κ3) is 4.31. The third-order valence-corrected chi connectivity index (χ3v) is 5.16. The van der Waals surface area contributed by atoms with Crippen LogP contribution in [0, 0.1) is 6.92 Å². The molecule has 0 amide bonds. The van der Waals surface area contributed by atoms with Gasteiger partial charge < -0.3 is 5.73 Å². The van der Waals surface area contributed by atoms with Crippen molar-refractivity contribution in [3.8, 4) is 0 Å². The summed E-state index contributed by atoms with van der Waals surface area (Å²) in [5.41, 5.74) is 4.27.